The predicted octanol–water partition coefficient (Wildman–Crippen LogP) is 2.49. The van der Waals surface area contributed by atoms with Crippen LogP contribution in [0.2, 0.25) is 0 Å². The number of hydrogen-bond donors (Lipinski definition) is 2. The van der Waals surface area contributed by atoms with Gasteiger partial charge in [-0.2, -0.15) is 0 Å². The van der Waals surface area contributed by atoms with Crippen LogP contribution in [0.1, 0.15) is 26.7 Å². The van der Waals surface area contributed by atoms with E-state index in [1.54, 1.807) is 0 Å². The van der Waals surface area contributed by atoms with Crippen LogP contribution in [0, 0.1) is 0 Å². The Kier molecular flexibility index (Phi) is 3.84. The number of hydrogen-bond acceptors (Lipinski definition) is 4. The zero-order valence-electron chi connectivity index (χ0n) is 10.6. The summed E-state index contributed by atoms with van der Waals surface area (Å²) in [5, 5.41) is 6.70. The number of pyridine rings is 1. The minimum absolute atomic E-state index is 0.0100. The molecule has 1 aromatic heterocycles. The third kappa shape index (κ3) is 3.33. The fourth-order valence-corrected chi connectivity index (χ4v) is 2.13. The number of ether oxygens (including phenoxy) is 1. The van der Waals surface area contributed by atoms with Crippen molar-refractivity contribution in [3.63, 3.8) is 0 Å². The van der Waals surface area contributed by atoms with Crippen molar-refractivity contribution in [3.8, 4) is 0 Å². The van der Waals surface area contributed by atoms with Gasteiger partial charge >= 0.3 is 0 Å². The Balaban J connectivity index is 2.04. The molecule has 2 heterocycles. The average molecular weight is 235 g/mol. The molecule has 1 aliphatic rings. The van der Waals surface area contributed by atoms with Gasteiger partial charge in [-0.05, 0) is 38.8 Å². The van der Waals surface area contributed by atoms with Crippen molar-refractivity contribution in [2.24, 2.45) is 0 Å². The van der Waals surface area contributed by atoms with Crippen LogP contribution in [0.25, 0.3) is 0 Å². The summed E-state index contributed by atoms with van der Waals surface area (Å²) in [7, 11) is 0. The van der Waals surface area contributed by atoms with Crippen molar-refractivity contribution in [2.45, 2.75) is 32.2 Å². The van der Waals surface area contributed by atoms with E-state index in [1.165, 1.54) is 0 Å². The first-order chi connectivity index (χ1) is 8.22. The molecule has 2 rings (SSSR count). The lowest BCUT2D eigenvalue weighted by Gasteiger charge is -2.34. The van der Waals surface area contributed by atoms with Crippen LogP contribution in [-0.2, 0) is 4.74 Å². The Hall–Kier alpha value is -1.29. The molecule has 1 fully saturated rings. The molecular weight excluding hydrogens is 214 g/mol. The topological polar surface area (TPSA) is 46.2 Å². The minimum atomic E-state index is 0.0100. The van der Waals surface area contributed by atoms with Crippen LogP contribution >= 0.6 is 0 Å². The lowest BCUT2D eigenvalue weighted by atomic mass is 9.95. The van der Waals surface area contributed by atoms with Crippen molar-refractivity contribution >= 4 is 11.6 Å². The van der Waals surface area contributed by atoms with Gasteiger partial charge in [0.15, 0.2) is 0 Å². The van der Waals surface area contributed by atoms with Crippen LogP contribution in [0.15, 0.2) is 18.2 Å². The lowest BCUT2D eigenvalue weighted by Crippen LogP contribution is -2.43. The lowest BCUT2D eigenvalue weighted by molar-refractivity contribution is 0.0539. The van der Waals surface area contributed by atoms with E-state index in [0.29, 0.717) is 0 Å². The standard InChI is InChI=1S/C13H21N3O/c1-3-14-11-6-4-7-12(15-11)16-13(2)8-5-9-17-10-13/h4,6-7H,3,5,8-10H2,1-2H3,(H2,14,15,16). The summed E-state index contributed by atoms with van der Waals surface area (Å²) in [6.45, 7) is 6.77. The van der Waals surface area contributed by atoms with Gasteiger partial charge < -0.3 is 15.4 Å². The van der Waals surface area contributed by atoms with Crippen molar-refractivity contribution in [2.75, 3.05) is 30.4 Å². The molecule has 0 aliphatic carbocycles. The highest BCUT2D eigenvalue weighted by atomic mass is 16.5. The van der Waals surface area contributed by atoms with Gasteiger partial charge in [0.1, 0.15) is 11.6 Å². The molecule has 1 atom stereocenters. The van der Waals surface area contributed by atoms with Gasteiger partial charge in [-0.1, -0.05) is 6.07 Å². The van der Waals surface area contributed by atoms with Gasteiger partial charge in [0.05, 0.1) is 12.1 Å². The van der Waals surface area contributed by atoms with E-state index >= 15 is 0 Å². The van der Waals surface area contributed by atoms with Crippen molar-refractivity contribution < 1.29 is 4.74 Å². The summed E-state index contributed by atoms with van der Waals surface area (Å²) in [5.74, 6) is 1.83. The Labute approximate surface area is 103 Å². The van der Waals surface area contributed by atoms with Crippen LogP contribution < -0.4 is 10.6 Å². The summed E-state index contributed by atoms with van der Waals surface area (Å²) in [6, 6.07) is 6.00. The quantitative estimate of drug-likeness (QED) is 0.841. The molecule has 0 aromatic carbocycles. The third-order valence-electron chi connectivity index (χ3n) is 2.97. The van der Waals surface area contributed by atoms with Crippen LogP contribution in [0.5, 0.6) is 0 Å². The number of nitrogens with zero attached hydrogens (tertiary/aromatic N) is 1. The second kappa shape index (κ2) is 5.36. The van der Waals surface area contributed by atoms with Crippen LogP contribution in [0.3, 0.4) is 0 Å². The summed E-state index contributed by atoms with van der Waals surface area (Å²) in [4.78, 5) is 4.52. The van der Waals surface area contributed by atoms with Crippen LogP contribution in [-0.4, -0.2) is 30.3 Å². The summed E-state index contributed by atoms with van der Waals surface area (Å²) in [6.07, 6.45) is 2.23. The highest BCUT2D eigenvalue weighted by Gasteiger charge is 2.27. The average Bonchev–Trinajstić information content (AvgIpc) is 2.30. The maximum atomic E-state index is 5.53. The largest absolute Gasteiger partial charge is 0.379 e. The maximum absolute atomic E-state index is 5.53. The zero-order chi connectivity index (χ0) is 12.1. The maximum Gasteiger partial charge on any atom is 0.128 e. The number of aromatic nitrogens is 1. The number of anilines is 2. The first-order valence-corrected chi connectivity index (χ1v) is 6.29. The summed E-state index contributed by atoms with van der Waals surface area (Å²) < 4.78 is 5.53. The first kappa shape index (κ1) is 12.2. The van der Waals surface area contributed by atoms with Crippen molar-refractivity contribution in [3.05, 3.63) is 18.2 Å². The Morgan fingerprint density at radius 2 is 2.24 bits per heavy atom. The van der Waals surface area contributed by atoms with E-state index in [4.69, 9.17) is 4.74 Å². The predicted molar refractivity (Wildman–Crippen MR) is 70.5 cm³/mol. The highest BCUT2D eigenvalue weighted by molar-refractivity contribution is 5.46. The van der Waals surface area contributed by atoms with Gasteiger partial charge in [0.2, 0.25) is 0 Å². The van der Waals surface area contributed by atoms with Gasteiger partial charge in [-0.25, -0.2) is 4.98 Å². The van der Waals surface area contributed by atoms with E-state index in [0.717, 1.165) is 44.2 Å². The normalized spacial score (nSPS) is 24.4. The first-order valence-electron chi connectivity index (χ1n) is 6.29. The molecule has 94 valence electrons. The van der Waals surface area contributed by atoms with E-state index in [9.17, 15) is 0 Å². The summed E-state index contributed by atoms with van der Waals surface area (Å²) in [5.41, 5.74) is 0.0100. The molecule has 1 aromatic rings. The fourth-order valence-electron chi connectivity index (χ4n) is 2.13. The van der Waals surface area contributed by atoms with Crippen LogP contribution in [0.4, 0.5) is 11.6 Å². The molecule has 4 heteroatoms. The third-order valence-corrected chi connectivity index (χ3v) is 2.97. The fraction of sp³-hybridized carbons (Fsp3) is 0.615. The molecule has 1 aliphatic heterocycles. The SMILES string of the molecule is CCNc1cccc(NC2(C)CCCOC2)n1. The molecule has 0 bridgehead atoms. The monoisotopic (exact) mass is 235 g/mol. The molecule has 1 saturated heterocycles. The highest BCUT2D eigenvalue weighted by Crippen LogP contribution is 2.23. The van der Waals surface area contributed by atoms with Crippen molar-refractivity contribution in [1.29, 1.82) is 0 Å². The van der Waals surface area contributed by atoms with Gasteiger partial charge in [-0.15, -0.1) is 0 Å². The zero-order valence-corrected chi connectivity index (χ0v) is 10.6. The van der Waals surface area contributed by atoms with E-state index in [1.807, 2.05) is 18.2 Å². The molecule has 4 nitrogen and oxygen atoms in total. The van der Waals surface area contributed by atoms with E-state index in [2.05, 4.69) is 29.5 Å². The minimum Gasteiger partial charge on any atom is -0.379 e. The van der Waals surface area contributed by atoms with E-state index < -0.39 is 0 Å². The van der Waals surface area contributed by atoms with Gasteiger partial charge in [0, 0.05) is 13.2 Å². The molecule has 0 spiro atoms. The molecule has 17 heavy (non-hydrogen) atoms. The number of rotatable bonds is 4. The van der Waals surface area contributed by atoms with Gasteiger partial charge in [-0.3, -0.25) is 0 Å². The second-order valence-electron chi connectivity index (χ2n) is 4.78. The Morgan fingerprint density at radius 3 is 2.94 bits per heavy atom. The molecule has 2 N–H and O–H groups in total. The smallest absolute Gasteiger partial charge is 0.128 e. The Morgan fingerprint density at radius 1 is 1.41 bits per heavy atom. The second-order valence-corrected chi connectivity index (χ2v) is 4.78. The molecular formula is C13H21N3O. The Bertz CT molecular complexity index is 361. The van der Waals surface area contributed by atoms with E-state index in [-0.39, 0.29) is 5.54 Å². The summed E-state index contributed by atoms with van der Waals surface area (Å²) >= 11 is 0. The molecule has 0 saturated carbocycles. The number of nitrogens with one attached hydrogen (secondary N) is 2. The van der Waals surface area contributed by atoms with Gasteiger partial charge in [0.25, 0.3) is 0 Å². The molecule has 1 unspecified atom stereocenters. The molecule has 0 radical (unpaired) electrons. The van der Waals surface area contributed by atoms with Crippen molar-refractivity contribution in [1.82, 2.24) is 4.98 Å². The molecule has 0 amide bonds.